The third-order valence-electron chi connectivity index (χ3n) is 7.66. The van der Waals surface area contributed by atoms with Gasteiger partial charge in [0.2, 0.25) is 0 Å². The first-order chi connectivity index (χ1) is 17.3. The summed E-state index contributed by atoms with van der Waals surface area (Å²) in [6, 6.07) is 10.2. The van der Waals surface area contributed by atoms with E-state index in [1.165, 1.54) is 55.2 Å². The van der Waals surface area contributed by atoms with Crippen LogP contribution in [0.1, 0.15) is 25.0 Å². The van der Waals surface area contributed by atoms with E-state index >= 15 is 17.6 Å². The van der Waals surface area contributed by atoms with Gasteiger partial charge in [0.05, 0.1) is 16.6 Å². The van der Waals surface area contributed by atoms with E-state index in [2.05, 4.69) is 4.98 Å². The summed E-state index contributed by atoms with van der Waals surface area (Å²) < 4.78 is 93.9. The number of fused-ring (bicyclic) bond motifs is 4. The zero-order valence-electron chi connectivity index (χ0n) is 19.7. The number of benzene rings is 1. The molecule has 0 N–H and O–H groups in total. The zero-order chi connectivity index (χ0) is 26.6. The normalized spacial score (nSPS) is 30.5. The van der Waals surface area contributed by atoms with Gasteiger partial charge in [0.1, 0.15) is 5.75 Å². The van der Waals surface area contributed by atoms with Crippen LogP contribution in [-0.4, -0.2) is 39.4 Å². The van der Waals surface area contributed by atoms with Crippen LogP contribution in [0, 0.1) is 0 Å². The molecule has 0 amide bonds. The van der Waals surface area contributed by atoms with E-state index < -0.39 is 38.4 Å². The van der Waals surface area contributed by atoms with E-state index in [1.807, 2.05) is 0 Å². The number of nitrogens with zero attached hydrogens (tertiary/aromatic N) is 1. The molecule has 1 aromatic carbocycles. The molecule has 2 aliphatic carbocycles. The van der Waals surface area contributed by atoms with E-state index in [9.17, 15) is 8.78 Å². The molecule has 0 spiro atoms. The summed E-state index contributed by atoms with van der Waals surface area (Å²) in [4.78, 5) is 5.02. The van der Waals surface area contributed by atoms with Gasteiger partial charge in [0.15, 0.2) is 0 Å². The summed E-state index contributed by atoms with van der Waals surface area (Å²) in [5.41, 5.74) is -1.62. The number of pyridine rings is 1. The number of thioether (sulfide) groups is 2. The standard InChI is InChI=1S/C27H19F6NOS2/c1-23-17(12-19(36-23)14-4-6-16(35-3)7-5-14)21-22(26(30,31)27(32,33)25(21,28)29)18-13-20(37-24(18,23)2)15-8-10-34-11-9-15/h4-13H,1-3H3/t23-,24-/m1/s1. The van der Waals surface area contributed by atoms with Crippen molar-refractivity contribution in [2.45, 2.75) is 41.1 Å². The number of hydrogen-bond acceptors (Lipinski definition) is 4. The molecule has 3 heterocycles. The van der Waals surface area contributed by atoms with Gasteiger partial charge < -0.3 is 4.74 Å². The first-order valence-corrected chi connectivity index (χ1v) is 12.9. The van der Waals surface area contributed by atoms with Crippen molar-refractivity contribution in [1.82, 2.24) is 4.98 Å². The van der Waals surface area contributed by atoms with E-state index in [4.69, 9.17) is 4.74 Å². The van der Waals surface area contributed by atoms with Crippen LogP contribution in [0.3, 0.4) is 0 Å². The summed E-state index contributed by atoms with van der Waals surface area (Å²) in [5.74, 6) is -15.1. The fourth-order valence-electron chi connectivity index (χ4n) is 5.47. The quantitative estimate of drug-likeness (QED) is 0.361. The lowest BCUT2D eigenvalue weighted by Crippen LogP contribution is -2.48. The first-order valence-electron chi connectivity index (χ1n) is 11.3. The molecular weight excluding hydrogens is 532 g/mol. The smallest absolute Gasteiger partial charge is 0.380 e. The molecule has 0 unspecified atom stereocenters. The number of halogens is 6. The third-order valence-corrected chi connectivity index (χ3v) is 11.0. The van der Waals surface area contributed by atoms with Crippen molar-refractivity contribution in [1.29, 1.82) is 0 Å². The molecule has 10 heteroatoms. The van der Waals surface area contributed by atoms with Gasteiger partial charge in [-0.3, -0.25) is 4.98 Å². The van der Waals surface area contributed by atoms with Gasteiger partial charge in [-0.05, 0) is 72.5 Å². The average molecular weight is 552 g/mol. The maximum absolute atomic E-state index is 15.4. The highest BCUT2D eigenvalue weighted by Gasteiger charge is 2.84. The Labute approximate surface area is 217 Å². The fourth-order valence-corrected chi connectivity index (χ4v) is 8.61. The van der Waals surface area contributed by atoms with Crippen molar-refractivity contribution in [2.75, 3.05) is 7.11 Å². The molecule has 0 saturated heterocycles. The molecule has 2 nitrogen and oxygen atoms in total. The number of hydrogen-bond donors (Lipinski definition) is 0. The van der Waals surface area contributed by atoms with E-state index in [0.29, 0.717) is 26.7 Å². The molecule has 1 fully saturated rings. The summed E-state index contributed by atoms with van der Waals surface area (Å²) in [5, 5.41) is 0. The molecule has 2 aromatic rings. The van der Waals surface area contributed by atoms with Crippen molar-refractivity contribution < 1.29 is 31.1 Å². The van der Waals surface area contributed by atoms with Crippen molar-refractivity contribution in [3.05, 3.63) is 94.4 Å². The Morgan fingerprint density at radius 2 is 1.11 bits per heavy atom. The fraction of sp³-hybridized carbons (Fsp3) is 0.296. The van der Waals surface area contributed by atoms with E-state index in [-0.39, 0.29) is 11.1 Å². The van der Waals surface area contributed by atoms with Gasteiger partial charge in [0, 0.05) is 33.4 Å². The SMILES string of the molecule is COc1ccc(C2=CC3=C4C(=C5C=C(c6ccncc6)S[C@@]5(C)[C@]3(C)S2)C(F)(F)C(F)(F)C4(F)F)cc1. The topological polar surface area (TPSA) is 22.1 Å². The van der Waals surface area contributed by atoms with Gasteiger partial charge in [-0.2, -0.15) is 26.3 Å². The second-order valence-corrected chi connectivity index (χ2v) is 12.5. The van der Waals surface area contributed by atoms with Crippen LogP contribution in [-0.2, 0) is 0 Å². The molecule has 0 radical (unpaired) electrons. The summed E-state index contributed by atoms with van der Waals surface area (Å²) in [6.45, 7) is 3.34. The predicted octanol–water partition coefficient (Wildman–Crippen LogP) is 8.01. The summed E-state index contributed by atoms with van der Waals surface area (Å²) >= 11 is 2.45. The van der Waals surface area contributed by atoms with Gasteiger partial charge in [-0.1, -0.05) is 12.1 Å². The monoisotopic (exact) mass is 551 g/mol. The molecule has 1 saturated carbocycles. The van der Waals surface area contributed by atoms with Gasteiger partial charge in [0.25, 0.3) is 0 Å². The Morgan fingerprint density at radius 3 is 1.54 bits per heavy atom. The predicted molar refractivity (Wildman–Crippen MR) is 134 cm³/mol. The van der Waals surface area contributed by atoms with Crippen LogP contribution in [0.15, 0.2) is 83.2 Å². The molecule has 0 bridgehead atoms. The number of allylic oxidation sites excluding steroid dienone is 4. The number of methoxy groups -OCH3 is 1. The summed E-state index contributed by atoms with van der Waals surface area (Å²) in [7, 11) is 1.50. The largest absolute Gasteiger partial charge is 0.497 e. The van der Waals surface area contributed by atoms with Crippen LogP contribution in [0.5, 0.6) is 5.75 Å². The van der Waals surface area contributed by atoms with Crippen molar-refractivity contribution in [3.63, 3.8) is 0 Å². The highest BCUT2D eigenvalue weighted by molar-refractivity contribution is 8.14. The first kappa shape index (κ1) is 24.7. The molecular formula is C27H19F6NOS2. The van der Waals surface area contributed by atoms with Gasteiger partial charge in [-0.25, -0.2) is 0 Å². The Hall–Kier alpha value is -2.59. The molecule has 2 aliphatic heterocycles. The molecule has 37 heavy (non-hydrogen) atoms. The maximum atomic E-state index is 15.4. The molecule has 4 aliphatic rings. The zero-order valence-corrected chi connectivity index (χ0v) is 21.3. The van der Waals surface area contributed by atoms with Gasteiger partial charge in [-0.15, -0.1) is 23.5 Å². The minimum absolute atomic E-state index is 0.190. The van der Waals surface area contributed by atoms with Crippen molar-refractivity contribution in [3.8, 4) is 5.75 Å². The minimum Gasteiger partial charge on any atom is -0.497 e. The highest BCUT2D eigenvalue weighted by atomic mass is 32.2. The van der Waals surface area contributed by atoms with Crippen LogP contribution < -0.4 is 4.74 Å². The number of alkyl halides is 6. The summed E-state index contributed by atoms with van der Waals surface area (Å²) in [6.07, 6.45) is 5.79. The lowest BCUT2D eigenvalue weighted by molar-refractivity contribution is -0.258. The Morgan fingerprint density at radius 1 is 0.676 bits per heavy atom. The maximum Gasteiger partial charge on any atom is 0.380 e. The van der Waals surface area contributed by atoms with Crippen LogP contribution in [0.4, 0.5) is 26.3 Å². The van der Waals surface area contributed by atoms with Crippen molar-refractivity contribution >= 4 is 33.3 Å². The lowest BCUT2D eigenvalue weighted by Gasteiger charge is -2.47. The highest BCUT2D eigenvalue weighted by Crippen LogP contribution is 2.75. The average Bonchev–Trinajstić information content (AvgIpc) is 3.44. The number of ether oxygens (including phenoxy) is 1. The van der Waals surface area contributed by atoms with Crippen molar-refractivity contribution in [2.24, 2.45) is 0 Å². The van der Waals surface area contributed by atoms with E-state index in [0.717, 1.165) is 0 Å². The number of rotatable bonds is 3. The Bertz CT molecular complexity index is 1460. The third kappa shape index (κ3) is 2.91. The number of aromatic nitrogens is 1. The Balaban J connectivity index is 1.63. The van der Waals surface area contributed by atoms with Gasteiger partial charge >= 0.3 is 17.8 Å². The Kier molecular flexibility index (Phi) is 5.01. The second kappa shape index (κ2) is 7.50. The molecule has 1 aromatic heterocycles. The van der Waals surface area contributed by atoms with Crippen LogP contribution in [0.25, 0.3) is 9.81 Å². The van der Waals surface area contributed by atoms with Crippen LogP contribution in [0.2, 0.25) is 0 Å². The van der Waals surface area contributed by atoms with E-state index in [1.54, 1.807) is 50.2 Å². The second-order valence-electron chi connectivity index (χ2n) is 9.55. The molecule has 6 rings (SSSR count). The lowest BCUT2D eigenvalue weighted by atomic mass is 9.71. The molecule has 2 atom stereocenters. The minimum atomic E-state index is -5.57. The van der Waals surface area contributed by atoms with Crippen LogP contribution >= 0.6 is 23.5 Å². The molecule has 192 valence electrons.